The van der Waals surface area contributed by atoms with Gasteiger partial charge in [-0.1, -0.05) is 42.5 Å². The quantitative estimate of drug-likeness (QED) is 0.671. The van der Waals surface area contributed by atoms with Crippen molar-refractivity contribution in [3.8, 4) is 0 Å². The number of aryl methyl sites for hydroxylation is 1. The molecule has 3 aromatic rings. The van der Waals surface area contributed by atoms with Crippen LogP contribution in [0.2, 0.25) is 0 Å². The van der Waals surface area contributed by atoms with Crippen molar-refractivity contribution in [2.24, 2.45) is 0 Å². The summed E-state index contributed by atoms with van der Waals surface area (Å²) < 4.78 is 5.41. The van der Waals surface area contributed by atoms with Crippen LogP contribution in [0.4, 0.5) is 0 Å². The first-order valence-corrected chi connectivity index (χ1v) is 9.73. The molecule has 1 fully saturated rings. The fourth-order valence-corrected chi connectivity index (χ4v) is 3.68. The fourth-order valence-electron chi connectivity index (χ4n) is 3.68. The first-order chi connectivity index (χ1) is 13.7. The van der Waals surface area contributed by atoms with E-state index >= 15 is 0 Å². The van der Waals surface area contributed by atoms with Gasteiger partial charge in [-0.3, -0.25) is 14.5 Å². The fraction of sp³-hybridized carbons (Fsp3) is 0.304. The molecule has 0 atom stereocenters. The van der Waals surface area contributed by atoms with Crippen LogP contribution in [-0.2, 0) is 17.7 Å². The van der Waals surface area contributed by atoms with Gasteiger partial charge in [-0.2, -0.15) is 0 Å². The molecule has 28 heavy (non-hydrogen) atoms. The number of benzene rings is 2. The molecule has 1 aliphatic rings. The number of para-hydroxylation sites is 1. The number of H-pyrrole nitrogens is 1. The number of rotatable bonds is 6. The van der Waals surface area contributed by atoms with E-state index in [2.05, 4.69) is 9.88 Å². The third-order valence-electron chi connectivity index (χ3n) is 5.26. The number of nitrogens with one attached hydrogen (secondary N) is 1. The van der Waals surface area contributed by atoms with Gasteiger partial charge in [-0.25, -0.2) is 0 Å². The van der Waals surface area contributed by atoms with E-state index < -0.39 is 0 Å². The zero-order valence-electron chi connectivity index (χ0n) is 15.8. The number of carbonyl (C=O) groups excluding carboxylic acids is 1. The monoisotopic (exact) mass is 376 g/mol. The molecule has 0 spiro atoms. The molecule has 2 aromatic carbocycles. The lowest BCUT2D eigenvalue weighted by Gasteiger charge is -2.27. The first kappa shape index (κ1) is 18.6. The minimum absolute atomic E-state index is 0.0186. The average molecular weight is 376 g/mol. The Morgan fingerprint density at radius 2 is 1.71 bits per heavy atom. The van der Waals surface area contributed by atoms with Crippen LogP contribution in [0.1, 0.15) is 28.0 Å². The van der Waals surface area contributed by atoms with Gasteiger partial charge in [0.2, 0.25) is 0 Å². The summed E-state index contributed by atoms with van der Waals surface area (Å²) in [6, 6.07) is 17.3. The molecule has 144 valence electrons. The number of pyridine rings is 1. The minimum atomic E-state index is -0.0519. The van der Waals surface area contributed by atoms with Crippen LogP contribution in [0.5, 0.6) is 0 Å². The van der Waals surface area contributed by atoms with Gasteiger partial charge >= 0.3 is 0 Å². The van der Waals surface area contributed by atoms with Crippen LogP contribution < -0.4 is 5.43 Å². The van der Waals surface area contributed by atoms with Crippen LogP contribution in [0.15, 0.2) is 59.4 Å². The summed E-state index contributed by atoms with van der Waals surface area (Å²) in [6.07, 6.45) is 1.03. The summed E-state index contributed by atoms with van der Waals surface area (Å²) in [4.78, 5) is 31.7. The summed E-state index contributed by atoms with van der Waals surface area (Å²) in [5, 5.41) is 0.630. The van der Waals surface area contributed by atoms with Crippen LogP contribution in [0.3, 0.4) is 0 Å². The normalized spacial score (nSPS) is 15.0. The standard InChI is InChI=1S/C23H24N2O3/c26-21(11-10-17-6-2-1-3-7-17)22-19(16-25-12-14-28-15-13-25)23(27)18-8-4-5-9-20(18)24-22/h1-9H,10-16H2,(H,24,27). The van der Waals surface area contributed by atoms with Gasteiger partial charge in [0, 0.05) is 42.5 Å². The van der Waals surface area contributed by atoms with E-state index in [9.17, 15) is 9.59 Å². The predicted octanol–water partition coefficient (Wildman–Crippen LogP) is 3.18. The number of hydrogen-bond acceptors (Lipinski definition) is 4. The molecule has 0 unspecified atom stereocenters. The number of ketones is 1. The molecule has 0 aliphatic carbocycles. The predicted molar refractivity (Wildman–Crippen MR) is 110 cm³/mol. The summed E-state index contributed by atoms with van der Waals surface area (Å²) in [5.74, 6) is -0.0186. The van der Waals surface area contributed by atoms with Crippen LogP contribution in [-0.4, -0.2) is 42.0 Å². The number of morpholine rings is 1. The molecule has 5 nitrogen and oxygen atoms in total. The van der Waals surface area contributed by atoms with Crippen molar-refractivity contribution in [3.05, 3.63) is 81.6 Å². The van der Waals surface area contributed by atoms with Gasteiger partial charge in [-0.05, 0) is 24.1 Å². The second-order valence-electron chi connectivity index (χ2n) is 7.15. The molecule has 4 rings (SSSR count). The Morgan fingerprint density at radius 1 is 1.00 bits per heavy atom. The zero-order valence-corrected chi connectivity index (χ0v) is 15.8. The number of nitrogens with zero attached hydrogens (tertiary/aromatic N) is 1. The van der Waals surface area contributed by atoms with Gasteiger partial charge in [0.15, 0.2) is 11.2 Å². The maximum atomic E-state index is 13.2. The zero-order chi connectivity index (χ0) is 19.3. The summed E-state index contributed by atoms with van der Waals surface area (Å²) in [6.45, 7) is 3.31. The number of fused-ring (bicyclic) bond motifs is 1. The molecule has 0 amide bonds. The lowest BCUT2D eigenvalue weighted by atomic mass is 10.0. The maximum Gasteiger partial charge on any atom is 0.194 e. The molecule has 1 N–H and O–H groups in total. The molecule has 1 aliphatic heterocycles. The molecule has 5 heteroatoms. The Hall–Kier alpha value is -2.76. The Labute approximate surface area is 163 Å². The highest BCUT2D eigenvalue weighted by atomic mass is 16.5. The Kier molecular flexibility index (Phi) is 5.65. The smallest absolute Gasteiger partial charge is 0.194 e. The van der Waals surface area contributed by atoms with E-state index in [1.165, 1.54) is 0 Å². The van der Waals surface area contributed by atoms with E-state index in [4.69, 9.17) is 4.74 Å². The number of ether oxygens (including phenoxy) is 1. The highest BCUT2D eigenvalue weighted by Crippen LogP contribution is 2.17. The van der Waals surface area contributed by atoms with Crippen molar-refractivity contribution in [2.75, 3.05) is 26.3 Å². The molecule has 0 radical (unpaired) electrons. The number of aromatic amines is 1. The Balaban J connectivity index is 1.67. The molecule has 0 bridgehead atoms. The third kappa shape index (κ3) is 4.06. The Bertz CT molecular complexity index is 1020. The molecule has 1 aromatic heterocycles. The number of aromatic nitrogens is 1. The van der Waals surface area contributed by atoms with Crippen LogP contribution >= 0.6 is 0 Å². The number of Topliss-reactive ketones (excluding diaryl/α,β-unsaturated/α-hetero) is 1. The van der Waals surface area contributed by atoms with E-state index in [0.717, 1.165) is 18.7 Å². The SMILES string of the molecule is O=C(CCc1ccccc1)c1[nH]c2ccccc2c(=O)c1CN1CCOCC1. The van der Waals surface area contributed by atoms with Crippen molar-refractivity contribution in [3.63, 3.8) is 0 Å². The summed E-state index contributed by atoms with van der Waals surface area (Å²) in [5.41, 5.74) is 2.80. The van der Waals surface area contributed by atoms with Crippen molar-refractivity contribution in [2.45, 2.75) is 19.4 Å². The second kappa shape index (κ2) is 8.50. The molecule has 1 saturated heterocycles. The van der Waals surface area contributed by atoms with E-state index in [1.54, 1.807) is 0 Å². The second-order valence-corrected chi connectivity index (χ2v) is 7.15. The van der Waals surface area contributed by atoms with E-state index in [1.807, 2.05) is 54.6 Å². The van der Waals surface area contributed by atoms with Gasteiger partial charge < -0.3 is 9.72 Å². The highest BCUT2D eigenvalue weighted by Gasteiger charge is 2.21. The third-order valence-corrected chi connectivity index (χ3v) is 5.26. The van der Waals surface area contributed by atoms with Crippen molar-refractivity contribution < 1.29 is 9.53 Å². The molecule has 2 heterocycles. The van der Waals surface area contributed by atoms with E-state index in [-0.39, 0.29) is 11.2 Å². The number of carbonyl (C=O) groups is 1. The van der Waals surface area contributed by atoms with Crippen LogP contribution in [0.25, 0.3) is 10.9 Å². The maximum absolute atomic E-state index is 13.2. The largest absolute Gasteiger partial charge is 0.379 e. The van der Waals surface area contributed by atoms with Crippen molar-refractivity contribution in [1.82, 2.24) is 9.88 Å². The van der Waals surface area contributed by atoms with E-state index in [0.29, 0.717) is 54.8 Å². The molecular weight excluding hydrogens is 352 g/mol. The van der Waals surface area contributed by atoms with Gasteiger partial charge in [0.05, 0.1) is 18.9 Å². The Morgan fingerprint density at radius 3 is 2.50 bits per heavy atom. The summed E-state index contributed by atoms with van der Waals surface area (Å²) >= 11 is 0. The minimum Gasteiger partial charge on any atom is -0.379 e. The van der Waals surface area contributed by atoms with Crippen molar-refractivity contribution in [1.29, 1.82) is 0 Å². The summed E-state index contributed by atoms with van der Waals surface area (Å²) in [7, 11) is 0. The lowest BCUT2D eigenvalue weighted by Crippen LogP contribution is -2.37. The lowest BCUT2D eigenvalue weighted by molar-refractivity contribution is 0.0339. The average Bonchev–Trinajstić information content (AvgIpc) is 2.75. The van der Waals surface area contributed by atoms with Crippen molar-refractivity contribution >= 4 is 16.7 Å². The van der Waals surface area contributed by atoms with Gasteiger partial charge in [0.1, 0.15) is 0 Å². The molecular formula is C23H24N2O3. The topological polar surface area (TPSA) is 62.4 Å². The molecule has 0 saturated carbocycles. The van der Waals surface area contributed by atoms with Crippen LogP contribution in [0, 0.1) is 0 Å². The number of hydrogen-bond donors (Lipinski definition) is 1. The highest BCUT2D eigenvalue weighted by molar-refractivity contribution is 5.98. The van der Waals surface area contributed by atoms with Gasteiger partial charge in [0.25, 0.3) is 0 Å². The van der Waals surface area contributed by atoms with Gasteiger partial charge in [-0.15, -0.1) is 0 Å². The first-order valence-electron chi connectivity index (χ1n) is 9.73.